The Labute approximate surface area is 141 Å². The topological polar surface area (TPSA) is 62.6 Å². The molecule has 0 spiro atoms. The minimum absolute atomic E-state index is 0.0326. The zero-order valence-electron chi connectivity index (χ0n) is 14.8. The van der Waals surface area contributed by atoms with Gasteiger partial charge in [-0.15, -0.1) is 0 Å². The molecule has 2 aliphatic rings. The van der Waals surface area contributed by atoms with Crippen LogP contribution in [0.4, 0.5) is 0 Å². The normalized spacial score (nSPS) is 22.2. The predicted octanol–water partition coefficient (Wildman–Crippen LogP) is 1.71. The molecule has 1 N–H and O–H groups in total. The highest BCUT2D eigenvalue weighted by Crippen LogP contribution is 2.23. The molecule has 0 aliphatic carbocycles. The molecule has 4 rings (SSSR count). The first-order chi connectivity index (χ1) is 11.4. The van der Waals surface area contributed by atoms with Crippen molar-refractivity contribution in [1.82, 2.24) is 19.5 Å². The number of nitrogens with zero attached hydrogens (tertiary/aromatic N) is 3. The Morgan fingerprint density at radius 3 is 2.96 bits per heavy atom. The summed E-state index contributed by atoms with van der Waals surface area (Å²) < 4.78 is 7.09. The van der Waals surface area contributed by atoms with E-state index < -0.39 is 0 Å². The van der Waals surface area contributed by atoms with Gasteiger partial charge in [0.25, 0.3) is 5.56 Å². The summed E-state index contributed by atoms with van der Waals surface area (Å²) in [5.74, 6) is 0.601. The van der Waals surface area contributed by atoms with Gasteiger partial charge in [-0.2, -0.15) is 0 Å². The van der Waals surface area contributed by atoms with E-state index in [4.69, 9.17) is 9.72 Å². The maximum Gasteiger partial charge on any atom is 0.277 e. The summed E-state index contributed by atoms with van der Waals surface area (Å²) >= 11 is 0. The number of hydrogen-bond donors (Lipinski definition) is 1. The second-order valence-corrected chi connectivity index (χ2v) is 8.17. The monoisotopic (exact) mass is 330 g/mol. The van der Waals surface area contributed by atoms with Gasteiger partial charge >= 0.3 is 0 Å². The van der Waals surface area contributed by atoms with Crippen LogP contribution in [0.5, 0.6) is 0 Å². The Morgan fingerprint density at radius 1 is 1.42 bits per heavy atom. The van der Waals surface area contributed by atoms with Crippen LogP contribution in [0.2, 0.25) is 0 Å². The first kappa shape index (κ1) is 15.8. The first-order valence-corrected chi connectivity index (χ1v) is 8.86. The zero-order valence-corrected chi connectivity index (χ0v) is 14.8. The predicted molar refractivity (Wildman–Crippen MR) is 92.4 cm³/mol. The fourth-order valence-electron chi connectivity index (χ4n) is 3.67. The van der Waals surface area contributed by atoms with Crippen molar-refractivity contribution in [3.8, 4) is 0 Å². The summed E-state index contributed by atoms with van der Waals surface area (Å²) in [7, 11) is 0. The molecule has 1 atom stereocenters. The van der Waals surface area contributed by atoms with E-state index >= 15 is 0 Å². The van der Waals surface area contributed by atoms with Crippen molar-refractivity contribution in [1.29, 1.82) is 0 Å². The minimum atomic E-state index is -0.0326. The van der Waals surface area contributed by atoms with Crippen LogP contribution >= 0.6 is 0 Å². The van der Waals surface area contributed by atoms with Crippen molar-refractivity contribution in [2.24, 2.45) is 5.92 Å². The molecule has 0 bridgehead atoms. The highest BCUT2D eigenvalue weighted by Gasteiger charge is 2.26. The summed E-state index contributed by atoms with van der Waals surface area (Å²) in [6, 6.07) is 2.00. The van der Waals surface area contributed by atoms with Crippen molar-refractivity contribution >= 4 is 5.65 Å². The Kier molecular flexibility index (Phi) is 3.77. The lowest BCUT2D eigenvalue weighted by Crippen LogP contribution is -2.39. The molecule has 1 fully saturated rings. The summed E-state index contributed by atoms with van der Waals surface area (Å²) in [5, 5.41) is 3.25. The molecule has 2 aromatic heterocycles. The number of fused-ring (bicyclic) bond motifs is 2. The molecule has 0 aromatic carbocycles. The van der Waals surface area contributed by atoms with Crippen LogP contribution < -0.4 is 5.56 Å². The highest BCUT2D eigenvalue weighted by molar-refractivity contribution is 5.43. The van der Waals surface area contributed by atoms with Crippen molar-refractivity contribution < 1.29 is 4.74 Å². The van der Waals surface area contributed by atoms with E-state index in [1.165, 1.54) is 0 Å². The number of aromatic amines is 1. The van der Waals surface area contributed by atoms with Crippen molar-refractivity contribution in [2.45, 2.75) is 45.6 Å². The van der Waals surface area contributed by atoms with Crippen molar-refractivity contribution in [2.75, 3.05) is 26.3 Å². The lowest BCUT2D eigenvalue weighted by Gasteiger charge is -2.29. The van der Waals surface area contributed by atoms with Gasteiger partial charge in [0.1, 0.15) is 0 Å². The molecule has 2 aliphatic heterocycles. The number of hydrogen-bond acceptors (Lipinski definition) is 4. The lowest BCUT2D eigenvalue weighted by molar-refractivity contribution is 0.161. The minimum Gasteiger partial charge on any atom is -0.381 e. The van der Waals surface area contributed by atoms with Gasteiger partial charge in [-0.3, -0.25) is 14.8 Å². The Morgan fingerprint density at radius 2 is 2.25 bits per heavy atom. The average Bonchev–Trinajstić information content (AvgIpc) is 3.17. The van der Waals surface area contributed by atoms with Crippen LogP contribution in [0.15, 0.2) is 10.9 Å². The van der Waals surface area contributed by atoms with E-state index in [1.54, 1.807) is 4.52 Å². The van der Waals surface area contributed by atoms with Gasteiger partial charge in [0, 0.05) is 49.8 Å². The third kappa shape index (κ3) is 2.78. The quantitative estimate of drug-likeness (QED) is 0.911. The molecule has 6 heteroatoms. The second kappa shape index (κ2) is 5.70. The molecule has 0 amide bonds. The Balaban J connectivity index is 1.66. The standard InChI is InChI=1S/C18H26N4O2/c1-18(2,3)15-8-16-19-14-4-6-21(9-12-5-7-24-11-12)10-13(14)17(23)22(16)20-15/h8,12,20H,4-7,9-11H2,1-3H3/t12-/m1/s1. The van der Waals surface area contributed by atoms with E-state index in [0.717, 1.165) is 61.7 Å². The van der Waals surface area contributed by atoms with Crippen LogP contribution in [-0.4, -0.2) is 45.8 Å². The van der Waals surface area contributed by atoms with E-state index in [9.17, 15) is 4.79 Å². The van der Waals surface area contributed by atoms with Crippen LogP contribution in [-0.2, 0) is 23.1 Å². The van der Waals surface area contributed by atoms with Gasteiger partial charge in [-0.25, -0.2) is 9.50 Å². The zero-order chi connectivity index (χ0) is 16.9. The van der Waals surface area contributed by atoms with Gasteiger partial charge in [0.05, 0.1) is 17.9 Å². The number of nitrogens with one attached hydrogen (secondary N) is 1. The summed E-state index contributed by atoms with van der Waals surface area (Å²) in [6.07, 6.45) is 1.98. The molecule has 4 heterocycles. The molecule has 0 radical (unpaired) electrons. The molecule has 24 heavy (non-hydrogen) atoms. The molecule has 0 saturated carbocycles. The van der Waals surface area contributed by atoms with Gasteiger partial charge < -0.3 is 4.74 Å². The Bertz CT molecular complexity index is 809. The van der Waals surface area contributed by atoms with E-state index in [-0.39, 0.29) is 11.0 Å². The van der Waals surface area contributed by atoms with Crippen LogP contribution in [0.25, 0.3) is 5.65 Å². The maximum absolute atomic E-state index is 12.9. The van der Waals surface area contributed by atoms with E-state index in [1.807, 2.05) is 6.07 Å². The highest BCUT2D eigenvalue weighted by atomic mass is 16.5. The number of aromatic nitrogens is 3. The molecule has 130 valence electrons. The molecular formula is C18H26N4O2. The van der Waals surface area contributed by atoms with E-state index in [2.05, 4.69) is 30.8 Å². The number of rotatable bonds is 2. The number of ether oxygens (including phenoxy) is 1. The van der Waals surface area contributed by atoms with E-state index in [0.29, 0.717) is 12.5 Å². The summed E-state index contributed by atoms with van der Waals surface area (Å²) in [5.41, 5.74) is 3.61. The average molecular weight is 330 g/mol. The summed E-state index contributed by atoms with van der Waals surface area (Å²) in [4.78, 5) is 20.1. The largest absolute Gasteiger partial charge is 0.381 e. The van der Waals surface area contributed by atoms with Crippen molar-refractivity contribution in [3.63, 3.8) is 0 Å². The third-order valence-corrected chi connectivity index (χ3v) is 5.19. The fourth-order valence-corrected chi connectivity index (χ4v) is 3.67. The smallest absolute Gasteiger partial charge is 0.277 e. The fraction of sp³-hybridized carbons (Fsp3) is 0.667. The molecule has 6 nitrogen and oxygen atoms in total. The summed E-state index contributed by atoms with van der Waals surface area (Å²) in [6.45, 7) is 10.8. The van der Waals surface area contributed by atoms with Crippen molar-refractivity contribution in [3.05, 3.63) is 33.4 Å². The third-order valence-electron chi connectivity index (χ3n) is 5.19. The van der Waals surface area contributed by atoms with Crippen LogP contribution in [0, 0.1) is 5.92 Å². The maximum atomic E-state index is 12.9. The lowest BCUT2D eigenvalue weighted by atomic mass is 9.93. The SMILES string of the molecule is CC(C)(C)c1cc2nc3c(c(=O)n2[nH]1)CN(C[C@H]1CCOC1)CC3. The first-order valence-electron chi connectivity index (χ1n) is 8.86. The van der Waals surface area contributed by atoms with Gasteiger partial charge in [0.15, 0.2) is 5.65 Å². The molecule has 1 saturated heterocycles. The van der Waals surface area contributed by atoms with Gasteiger partial charge in [0.2, 0.25) is 0 Å². The van der Waals surface area contributed by atoms with Gasteiger partial charge in [-0.05, 0) is 12.3 Å². The molecule has 0 unspecified atom stereocenters. The van der Waals surface area contributed by atoms with Gasteiger partial charge in [-0.1, -0.05) is 20.8 Å². The number of H-pyrrole nitrogens is 1. The molecule has 2 aromatic rings. The second-order valence-electron chi connectivity index (χ2n) is 8.17. The van der Waals surface area contributed by atoms with Crippen LogP contribution in [0.3, 0.4) is 0 Å². The molecular weight excluding hydrogens is 304 g/mol. The Hall–Kier alpha value is -1.66. The van der Waals surface area contributed by atoms with Crippen LogP contribution in [0.1, 0.15) is 44.1 Å².